The van der Waals surface area contributed by atoms with Gasteiger partial charge in [-0.1, -0.05) is 18.2 Å². The molecule has 0 N–H and O–H groups in total. The van der Waals surface area contributed by atoms with Crippen LogP contribution < -0.4 is 0 Å². The molecule has 0 radical (unpaired) electrons. The lowest BCUT2D eigenvalue weighted by Gasteiger charge is -2.48. The van der Waals surface area contributed by atoms with Crippen molar-refractivity contribution in [3.8, 4) is 0 Å². The second-order valence-corrected chi connectivity index (χ2v) is 5.78. The predicted molar refractivity (Wildman–Crippen MR) is 72.8 cm³/mol. The standard InChI is InChI=1S/C16H20FN/c1-16(18-11-2-12-18)9-7-14(8-10-16)13-3-5-15(17)6-4-13/h3-7H,2,8-12H2,1H3. The number of likely N-dealkylation sites (tertiary alicyclic amines) is 1. The van der Waals surface area contributed by atoms with Crippen molar-refractivity contribution in [1.82, 2.24) is 4.90 Å². The maximum absolute atomic E-state index is 12.9. The van der Waals surface area contributed by atoms with Gasteiger partial charge in [0.2, 0.25) is 0 Å². The molecule has 1 aliphatic carbocycles. The SMILES string of the molecule is CC1(N2CCC2)CC=C(c2ccc(F)cc2)CC1. The van der Waals surface area contributed by atoms with E-state index in [-0.39, 0.29) is 5.82 Å². The van der Waals surface area contributed by atoms with Gasteiger partial charge in [-0.15, -0.1) is 0 Å². The fraction of sp³-hybridized carbons (Fsp3) is 0.500. The molecule has 1 aliphatic heterocycles. The minimum absolute atomic E-state index is 0.152. The summed E-state index contributed by atoms with van der Waals surface area (Å²) in [6, 6.07) is 6.90. The topological polar surface area (TPSA) is 3.24 Å². The Hall–Kier alpha value is -1.15. The first-order valence-electron chi connectivity index (χ1n) is 6.87. The van der Waals surface area contributed by atoms with Crippen LogP contribution in [-0.4, -0.2) is 23.5 Å². The number of hydrogen-bond acceptors (Lipinski definition) is 1. The molecule has 1 aromatic rings. The molecule has 2 aliphatic rings. The minimum atomic E-state index is -0.152. The van der Waals surface area contributed by atoms with E-state index in [0.29, 0.717) is 5.54 Å². The lowest BCUT2D eigenvalue weighted by atomic mass is 9.79. The molecular weight excluding hydrogens is 225 g/mol. The number of hydrogen-bond donors (Lipinski definition) is 0. The molecule has 1 nitrogen and oxygen atoms in total. The van der Waals surface area contributed by atoms with Crippen LogP contribution in [0.2, 0.25) is 0 Å². The van der Waals surface area contributed by atoms with Crippen molar-refractivity contribution in [2.45, 2.75) is 38.1 Å². The normalized spacial score (nSPS) is 28.7. The first-order valence-corrected chi connectivity index (χ1v) is 6.87. The fourth-order valence-electron chi connectivity index (χ4n) is 3.02. The monoisotopic (exact) mass is 245 g/mol. The van der Waals surface area contributed by atoms with Crippen LogP contribution in [0.15, 0.2) is 30.3 Å². The molecule has 18 heavy (non-hydrogen) atoms. The first-order chi connectivity index (χ1) is 8.67. The van der Waals surface area contributed by atoms with Crippen LogP contribution in [0.3, 0.4) is 0 Å². The van der Waals surface area contributed by atoms with Gasteiger partial charge in [-0.25, -0.2) is 4.39 Å². The summed E-state index contributed by atoms with van der Waals surface area (Å²) in [5.41, 5.74) is 2.93. The highest BCUT2D eigenvalue weighted by atomic mass is 19.1. The van der Waals surface area contributed by atoms with Crippen LogP contribution in [-0.2, 0) is 0 Å². The highest BCUT2D eigenvalue weighted by Gasteiger charge is 2.36. The van der Waals surface area contributed by atoms with Gasteiger partial charge in [0.1, 0.15) is 5.82 Å². The van der Waals surface area contributed by atoms with Crippen LogP contribution >= 0.6 is 0 Å². The lowest BCUT2D eigenvalue weighted by molar-refractivity contribution is 0.0361. The minimum Gasteiger partial charge on any atom is -0.298 e. The van der Waals surface area contributed by atoms with Gasteiger partial charge < -0.3 is 0 Å². The van der Waals surface area contributed by atoms with Crippen LogP contribution in [0.1, 0.15) is 38.2 Å². The van der Waals surface area contributed by atoms with E-state index in [9.17, 15) is 4.39 Å². The quantitative estimate of drug-likeness (QED) is 0.764. The van der Waals surface area contributed by atoms with Gasteiger partial charge in [-0.05, 0) is 69.0 Å². The molecule has 1 aromatic carbocycles. The Balaban J connectivity index is 1.75. The van der Waals surface area contributed by atoms with E-state index in [4.69, 9.17) is 0 Å². The summed E-state index contributed by atoms with van der Waals surface area (Å²) in [5.74, 6) is -0.152. The Morgan fingerprint density at radius 2 is 1.89 bits per heavy atom. The molecule has 1 unspecified atom stereocenters. The van der Waals surface area contributed by atoms with Crippen LogP contribution in [0.25, 0.3) is 5.57 Å². The van der Waals surface area contributed by atoms with Crippen LogP contribution in [0.5, 0.6) is 0 Å². The number of benzene rings is 1. The van der Waals surface area contributed by atoms with Gasteiger partial charge in [-0.2, -0.15) is 0 Å². The molecule has 3 rings (SSSR count). The second kappa shape index (κ2) is 4.51. The molecule has 96 valence electrons. The number of halogens is 1. The van der Waals surface area contributed by atoms with E-state index in [2.05, 4.69) is 17.9 Å². The average Bonchev–Trinajstić information content (AvgIpc) is 2.29. The van der Waals surface area contributed by atoms with Crippen molar-refractivity contribution < 1.29 is 4.39 Å². The molecule has 0 saturated carbocycles. The Morgan fingerprint density at radius 1 is 1.17 bits per heavy atom. The number of nitrogens with zero attached hydrogens (tertiary/aromatic N) is 1. The van der Waals surface area contributed by atoms with Gasteiger partial charge >= 0.3 is 0 Å². The van der Waals surface area contributed by atoms with Crippen molar-refractivity contribution in [2.75, 3.05) is 13.1 Å². The van der Waals surface area contributed by atoms with E-state index >= 15 is 0 Å². The third-order valence-electron chi connectivity index (χ3n) is 4.56. The smallest absolute Gasteiger partial charge is 0.123 e. The molecule has 0 amide bonds. The third-order valence-corrected chi connectivity index (χ3v) is 4.56. The Morgan fingerprint density at radius 3 is 2.39 bits per heavy atom. The maximum Gasteiger partial charge on any atom is 0.123 e. The summed E-state index contributed by atoms with van der Waals surface area (Å²) in [6.07, 6.45) is 7.16. The zero-order valence-electron chi connectivity index (χ0n) is 11.0. The van der Waals surface area contributed by atoms with Gasteiger partial charge in [0.15, 0.2) is 0 Å². The molecule has 2 heteroatoms. The first kappa shape index (κ1) is 11.9. The molecule has 0 aromatic heterocycles. The van der Waals surface area contributed by atoms with E-state index in [1.807, 2.05) is 12.1 Å². The Kier molecular flexibility index (Phi) is 2.98. The molecule has 1 saturated heterocycles. The van der Waals surface area contributed by atoms with Crippen LogP contribution in [0, 0.1) is 5.82 Å². The molecule has 1 heterocycles. The molecule has 1 atom stereocenters. The van der Waals surface area contributed by atoms with Crippen molar-refractivity contribution in [3.05, 3.63) is 41.7 Å². The average molecular weight is 245 g/mol. The van der Waals surface area contributed by atoms with E-state index in [1.54, 1.807) is 12.1 Å². The van der Waals surface area contributed by atoms with Crippen molar-refractivity contribution in [3.63, 3.8) is 0 Å². The third kappa shape index (κ3) is 2.10. The zero-order valence-corrected chi connectivity index (χ0v) is 11.0. The summed E-state index contributed by atoms with van der Waals surface area (Å²) in [6.45, 7) is 4.90. The van der Waals surface area contributed by atoms with Gasteiger partial charge in [0.25, 0.3) is 0 Å². The maximum atomic E-state index is 12.9. The molecular formula is C16H20FN. The van der Waals surface area contributed by atoms with E-state index < -0.39 is 0 Å². The van der Waals surface area contributed by atoms with Crippen molar-refractivity contribution in [1.29, 1.82) is 0 Å². The summed E-state index contributed by atoms with van der Waals surface area (Å²) >= 11 is 0. The summed E-state index contributed by atoms with van der Waals surface area (Å²) in [5, 5.41) is 0. The van der Waals surface area contributed by atoms with E-state index in [0.717, 1.165) is 12.8 Å². The summed E-state index contributed by atoms with van der Waals surface area (Å²) in [4.78, 5) is 2.60. The highest BCUT2D eigenvalue weighted by Crippen LogP contribution is 2.38. The van der Waals surface area contributed by atoms with Gasteiger partial charge in [0, 0.05) is 5.54 Å². The van der Waals surface area contributed by atoms with Gasteiger partial charge in [-0.3, -0.25) is 4.90 Å². The van der Waals surface area contributed by atoms with Crippen LogP contribution in [0.4, 0.5) is 4.39 Å². The highest BCUT2D eigenvalue weighted by molar-refractivity contribution is 5.66. The predicted octanol–water partition coefficient (Wildman–Crippen LogP) is 3.86. The molecule has 0 bridgehead atoms. The number of allylic oxidation sites excluding steroid dienone is 1. The Labute approximate surface area is 108 Å². The lowest BCUT2D eigenvalue weighted by Crippen LogP contribution is -2.53. The Bertz CT molecular complexity index is 458. The zero-order chi connectivity index (χ0) is 12.6. The fourth-order valence-corrected chi connectivity index (χ4v) is 3.02. The molecule has 1 fully saturated rings. The van der Waals surface area contributed by atoms with Gasteiger partial charge in [0.05, 0.1) is 0 Å². The largest absolute Gasteiger partial charge is 0.298 e. The second-order valence-electron chi connectivity index (χ2n) is 5.78. The van der Waals surface area contributed by atoms with Crippen molar-refractivity contribution in [2.24, 2.45) is 0 Å². The number of rotatable bonds is 2. The summed E-state index contributed by atoms with van der Waals surface area (Å²) in [7, 11) is 0. The van der Waals surface area contributed by atoms with E-state index in [1.165, 1.54) is 37.1 Å². The summed E-state index contributed by atoms with van der Waals surface area (Å²) < 4.78 is 12.9. The molecule has 0 spiro atoms. The van der Waals surface area contributed by atoms with Crippen molar-refractivity contribution >= 4 is 5.57 Å².